The minimum atomic E-state index is 0. The predicted molar refractivity (Wildman–Crippen MR) is 139 cm³/mol. The van der Waals surface area contributed by atoms with Gasteiger partial charge in [-0.2, -0.15) is 0 Å². The van der Waals surface area contributed by atoms with Gasteiger partial charge < -0.3 is 25.2 Å². The largest absolute Gasteiger partial charge is 0.383 e. The van der Waals surface area contributed by atoms with Crippen molar-refractivity contribution in [1.29, 1.82) is 0 Å². The number of hydrogen-bond donors (Lipinski definition) is 2. The molecule has 30 heavy (non-hydrogen) atoms. The van der Waals surface area contributed by atoms with Crippen LogP contribution in [0.4, 0.5) is 5.69 Å². The molecule has 0 spiro atoms. The van der Waals surface area contributed by atoms with E-state index < -0.39 is 0 Å². The van der Waals surface area contributed by atoms with Crippen molar-refractivity contribution in [3.63, 3.8) is 0 Å². The SMILES string of the molecule is CCNC(=NCC1CCN(CCOC)CC1)NCCCN(CC)c1ccccc1.I. The van der Waals surface area contributed by atoms with Crippen LogP contribution in [0.3, 0.4) is 0 Å². The summed E-state index contributed by atoms with van der Waals surface area (Å²) in [7, 11) is 1.78. The van der Waals surface area contributed by atoms with Crippen molar-refractivity contribution in [3.8, 4) is 0 Å². The maximum absolute atomic E-state index is 5.19. The van der Waals surface area contributed by atoms with Crippen LogP contribution in [0.15, 0.2) is 35.3 Å². The van der Waals surface area contributed by atoms with E-state index in [9.17, 15) is 0 Å². The van der Waals surface area contributed by atoms with Crippen molar-refractivity contribution in [1.82, 2.24) is 15.5 Å². The van der Waals surface area contributed by atoms with Gasteiger partial charge in [-0.15, -0.1) is 24.0 Å². The van der Waals surface area contributed by atoms with Crippen molar-refractivity contribution >= 4 is 35.6 Å². The highest BCUT2D eigenvalue weighted by Crippen LogP contribution is 2.17. The Bertz CT molecular complexity index is 564. The molecule has 1 heterocycles. The van der Waals surface area contributed by atoms with Crippen LogP contribution in [0, 0.1) is 5.92 Å². The zero-order valence-corrected chi connectivity index (χ0v) is 21.4. The number of guanidine groups is 1. The van der Waals surface area contributed by atoms with Crippen LogP contribution >= 0.6 is 24.0 Å². The van der Waals surface area contributed by atoms with Gasteiger partial charge in [-0.05, 0) is 64.3 Å². The maximum Gasteiger partial charge on any atom is 0.191 e. The zero-order valence-electron chi connectivity index (χ0n) is 19.1. The number of benzene rings is 1. The van der Waals surface area contributed by atoms with Crippen molar-refractivity contribution in [2.45, 2.75) is 33.1 Å². The molecule has 0 aliphatic carbocycles. The molecule has 1 saturated heterocycles. The third-order valence-corrected chi connectivity index (χ3v) is 5.57. The van der Waals surface area contributed by atoms with Crippen LogP contribution in [-0.2, 0) is 4.74 Å². The van der Waals surface area contributed by atoms with Gasteiger partial charge in [0.05, 0.1) is 6.61 Å². The van der Waals surface area contributed by atoms with Crippen LogP contribution in [-0.4, -0.2) is 76.9 Å². The van der Waals surface area contributed by atoms with Crippen molar-refractivity contribution in [2.24, 2.45) is 10.9 Å². The number of anilines is 1. The third kappa shape index (κ3) is 10.3. The first kappa shape index (κ1) is 27.0. The van der Waals surface area contributed by atoms with Gasteiger partial charge in [0, 0.05) is 52.1 Å². The third-order valence-electron chi connectivity index (χ3n) is 5.57. The summed E-state index contributed by atoms with van der Waals surface area (Å²) in [6.07, 6.45) is 3.55. The number of piperidine rings is 1. The molecule has 1 aliphatic heterocycles. The lowest BCUT2D eigenvalue weighted by molar-refractivity contribution is 0.121. The molecule has 1 fully saturated rings. The first-order valence-corrected chi connectivity index (χ1v) is 11.3. The minimum absolute atomic E-state index is 0. The standard InChI is InChI=1S/C23H41N5O.HI/c1-4-24-23(26-20-21-12-16-27(17-13-21)18-19-29-3)25-14-9-15-28(5-2)22-10-7-6-8-11-22;/h6-8,10-11,21H,4-5,9,12-20H2,1-3H3,(H2,24,25,26);1H. The fourth-order valence-corrected chi connectivity index (χ4v) is 3.76. The normalized spacial score (nSPS) is 15.5. The van der Waals surface area contributed by atoms with Gasteiger partial charge in [-0.1, -0.05) is 18.2 Å². The summed E-state index contributed by atoms with van der Waals surface area (Å²) in [5.74, 6) is 1.65. The Balaban J connectivity index is 0.00000450. The zero-order chi connectivity index (χ0) is 20.7. The Hall–Kier alpha value is -1.06. The molecule has 7 heteroatoms. The number of nitrogens with one attached hydrogen (secondary N) is 2. The Labute approximate surface area is 200 Å². The van der Waals surface area contributed by atoms with E-state index >= 15 is 0 Å². The summed E-state index contributed by atoms with van der Waals surface area (Å²) in [5.41, 5.74) is 1.30. The predicted octanol–water partition coefficient (Wildman–Crippen LogP) is 3.43. The summed E-state index contributed by atoms with van der Waals surface area (Å²) in [5, 5.41) is 6.90. The summed E-state index contributed by atoms with van der Waals surface area (Å²) in [6.45, 7) is 13.4. The van der Waals surface area contributed by atoms with Gasteiger partial charge in [0.2, 0.25) is 0 Å². The Morgan fingerprint density at radius 1 is 1.17 bits per heavy atom. The van der Waals surface area contributed by atoms with Crippen LogP contribution in [0.2, 0.25) is 0 Å². The van der Waals surface area contributed by atoms with E-state index in [2.05, 4.69) is 64.6 Å². The topological polar surface area (TPSA) is 52.1 Å². The lowest BCUT2D eigenvalue weighted by atomic mass is 9.97. The molecule has 0 atom stereocenters. The number of halogens is 1. The quantitative estimate of drug-likeness (QED) is 0.187. The van der Waals surface area contributed by atoms with Crippen molar-refractivity contribution in [2.75, 3.05) is 71.0 Å². The smallest absolute Gasteiger partial charge is 0.191 e. The second-order valence-electron chi connectivity index (χ2n) is 7.69. The number of methoxy groups -OCH3 is 1. The van der Waals surface area contributed by atoms with Crippen LogP contribution in [0.25, 0.3) is 0 Å². The fourth-order valence-electron chi connectivity index (χ4n) is 3.76. The highest BCUT2D eigenvalue weighted by molar-refractivity contribution is 14.0. The van der Waals surface area contributed by atoms with Gasteiger partial charge in [0.15, 0.2) is 5.96 Å². The summed E-state index contributed by atoms with van der Waals surface area (Å²) >= 11 is 0. The van der Waals surface area contributed by atoms with E-state index in [-0.39, 0.29) is 24.0 Å². The fraction of sp³-hybridized carbons (Fsp3) is 0.696. The highest BCUT2D eigenvalue weighted by Gasteiger charge is 2.18. The van der Waals surface area contributed by atoms with Crippen molar-refractivity contribution in [3.05, 3.63) is 30.3 Å². The molecule has 1 aromatic carbocycles. The number of aliphatic imine (C=N–C) groups is 1. The van der Waals surface area contributed by atoms with Crippen LogP contribution < -0.4 is 15.5 Å². The van der Waals surface area contributed by atoms with E-state index in [1.165, 1.54) is 31.6 Å². The molecule has 2 rings (SSSR count). The van der Waals surface area contributed by atoms with Crippen LogP contribution in [0.1, 0.15) is 33.1 Å². The summed E-state index contributed by atoms with van der Waals surface area (Å²) < 4.78 is 5.19. The molecule has 172 valence electrons. The molecular formula is C23H42IN5O. The molecule has 0 saturated carbocycles. The number of nitrogens with zero attached hydrogens (tertiary/aromatic N) is 3. The van der Waals surface area contributed by atoms with Gasteiger partial charge >= 0.3 is 0 Å². The lowest BCUT2D eigenvalue weighted by Crippen LogP contribution is -2.40. The monoisotopic (exact) mass is 531 g/mol. The first-order chi connectivity index (χ1) is 14.3. The molecule has 0 bridgehead atoms. The lowest BCUT2D eigenvalue weighted by Gasteiger charge is -2.31. The van der Waals surface area contributed by atoms with E-state index in [0.29, 0.717) is 5.92 Å². The number of para-hydroxylation sites is 1. The molecule has 0 unspecified atom stereocenters. The van der Waals surface area contributed by atoms with Crippen molar-refractivity contribution < 1.29 is 4.74 Å². The first-order valence-electron chi connectivity index (χ1n) is 11.3. The molecule has 6 nitrogen and oxygen atoms in total. The summed E-state index contributed by atoms with van der Waals surface area (Å²) in [4.78, 5) is 9.78. The number of likely N-dealkylation sites (tertiary alicyclic amines) is 1. The van der Waals surface area contributed by atoms with E-state index in [1.54, 1.807) is 7.11 Å². The van der Waals surface area contributed by atoms with Crippen LogP contribution in [0.5, 0.6) is 0 Å². The van der Waals surface area contributed by atoms with Gasteiger partial charge in [0.25, 0.3) is 0 Å². The van der Waals surface area contributed by atoms with E-state index in [0.717, 1.165) is 58.3 Å². The average molecular weight is 532 g/mol. The average Bonchev–Trinajstić information content (AvgIpc) is 2.77. The number of rotatable bonds is 12. The maximum atomic E-state index is 5.19. The minimum Gasteiger partial charge on any atom is -0.383 e. The molecule has 1 aromatic rings. The molecule has 2 N–H and O–H groups in total. The van der Waals surface area contributed by atoms with E-state index in [1.807, 2.05) is 0 Å². The highest BCUT2D eigenvalue weighted by atomic mass is 127. The number of ether oxygens (including phenoxy) is 1. The summed E-state index contributed by atoms with van der Waals surface area (Å²) in [6, 6.07) is 10.6. The van der Waals surface area contributed by atoms with Gasteiger partial charge in [-0.3, -0.25) is 4.99 Å². The molecule has 1 aliphatic rings. The number of hydrogen-bond acceptors (Lipinski definition) is 4. The molecule has 0 aromatic heterocycles. The second kappa shape index (κ2) is 16.6. The Morgan fingerprint density at radius 3 is 2.53 bits per heavy atom. The molecule has 0 amide bonds. The van der Waals surface area contributed by atoms with E-state index in [4.69, 9.17) is 9.73 Å². The van der Waals surface area contributed by atoms with Gasteiger partial charge in [-0.25, -0.2) is 0 Å². The Kier molecular flexibility index (Phi) is 14.9. The second-order valence-corrected chi connectivity index (χ2v) is 7.69. The molecular weight excluding hydrogens is 489 g/mol. The molecule has 0 radical (unpaired) electrons. The Morgan fingerprint density at radius 2 is 1.90 bits per heavy atom. The van der Waals surface area contributed by atoms with Gasteiger partial charge in [0.1, 0.15) is 0 Å².